The highest BCUT2D eigenvalue weighted by molar-refractivity contribution is 7.92. The van der Waals surface area contributed by atoms with Crippen molar-refractivity contribution in [3.8, 4) is 0 Å². The normalized spacial score (nSPS) is 11.1. The van der Waals surface area contributed by atoms with E-state index in [2.05, 4.69) is 0 Å². The maximum Gasteiger partial charge on any atom is 0.264 e. The van der Waals surface area contributed by atoms with E-state index < -0.39 is 10.0 Å². The molecule has 3 aromatic rings. The molecule has 3 aromatic carbocycles. The van der Waals surface area contributed by atoms with Gasteiger partial charge in [-0.05, 0) is 42.3 Å². The summed E-state index contributed by atoms with van der Waals surface area (Å²) in [5, 5.41) is 0. The first-order valence-corrected chi connectivity index (χ1v) is 10.9. The fourth-order valence-corrected chi connectivity index (χ4v) is 4.57. The Balaban J connectivity index is 2.03. The van der Waals surface area contributed by atoms with Crippen LogP contribution in [0.25, 0.3) is 0 Å². The quantitative estimate of drug-likeness (QED) is 0.591. The number of benzene rings is 3. The van der Waals surface area contributed by atoms with Gasteiger partial charge >= 0.3 is 0 Å². The van der Waals surface area contributed by atoms with Gasteiger partial charge in [0.25, 0.3) is 10.0 Å². The molecule has 0 radical (unpaired) electrons. The molecular weight excluding hydrogens is 384 g/mol. The molecule has 0 spiro atoms. The van der Waals surface area contributed by atoms with Crippen LogP contribution in [0.4, 0.5) is 11.4 Å². The number of rotatable bonds is 7. The molecule has 0 aliphatic heterocycles. The minimum atomic E-state index is -3.91. The summed E-state index contributed by atoms with van der Waals surface area (Å²) in [6.07, 6.45) is 0.652. The van der Waals surface area contributed by atoms with Crippen LogP contribution in [-0.2, 0) is 21.2 Å². The van der Waals surface area contributed by atoms with Crippen LogP contribution >= 0.6 is 0 Å². The predicted molar refractivity (Wildman–Crippen MR) is 117 cm³/mol. The fraction of sp³-hybridized carbons (Fsp3) is 0.174. The van der Waals surface area contributed by atoms with E-state index >= 15 is 0 Å². The molecule has 6 heteroatoms. The molecule has 0 aliphatic carbocycles. The van der Waals surface area contributed by atoms with E-state index in [1.165, 1.54) is 9.21 Å². The molecule has 0 saturated heterocycles. The number of likely N-dealkylation sites (N-methyl/N-ethyl adjacent to an activating group) is 1. The maximum absolute atomic E-state index is 13.5. The summed E-state index contributed by atoms with van der Waals surface area (Å²) in [5.41, 5.74) is 2.09. The van der Waals surface area contributed by atoms with Crippen LogP contribution in [0.15, 0.2) is 89.8 Å². The zero-order valence-electron chi connectivity index (χ0n) is 16.5. The van der Waals surface area contributed by atoms with E-state index in [4.69, 9.17) is 0 Å². The average molecular weight is 409 g/mol. The van der Waals surface area contributed by atoms with Crippen molar-refractivity contribution in [2.45, 2.75) is 18.2 Å². The SMILES string of the molecule is CCc1ccccc1N(CC(=O)N(C)c1ccccc1)S(=O)(=O)c1ccccc1. The van der Waals surface area contributed by atoms with Gasteiger partial charge in [-0.15, -0.1) is 0 Å². The Labute approximate surface area is 172 Å². The second kappa shape index (κ2) is 8.92. The van der Waals surface area contributed by atoms with Gasteiger partial charge < -0.3 is 4.90 Å². The van der Waals surface area contributed by atoms with Gasteiger partial charge in [-0.25, -0.2) is 8.42 Å². The van der Waals surface area contributed by atoms with Crippen LogP contribution in [0.2, 0.25) is 0 Å². The lowest BCUT2D eigenvalue weighted by molar-refractivity contribution is -0.116. The zero-order chi connectivity index (χ0) is 20.9. The predicted octanol–water partition coefficient (Wildman–Crippen LogP) is 4.11. The summed E-state index contributed by atoms with van der Waals surface area (Å²) in [4.78, 5) is 14.7. The highest BCUT2D eigenvalue weighted by Crippen LogP contribution is 2.28. The van der Waals surface area contributed by atoms with Gasteiger partial charge in [0.2, 0.25) is 5.91 Å². The molecule has 5 nitrogen and oxygen atoms in total. The van der Waals surface area contributed by atoms with Gasteiger partial charge in [0, 0.05) is 12.7 Å². The van der Waals surface area contributed by atoms with Crippen molar-refractivity contribution < 1.29 is 13.2 Å². The molecule has 3 rings (SSSR count). The number of amides is 1. The Bertz CT molecular complexity index is 1070. The van der Waals surface area contributed by atoms with Crippen molar-refractivity contribution in [2.24, 2.45) is 0 Å². The number of nitrogens with zero attached hydrogens (tertiary/aromatic N) is 2. The van der Waals surface area contributed by atoms with Crippen molar-refractivity contribution in [1.82, 2.24) is 0 Å². The van der Waals surface area contributed by atoms with Crippen molar-refractivity contribution >= 4 is 27.3 Å². The van der Waals surface area contributed by atoms with Crippen LogP contribution in [-0.4, -0.2) is 27.9 Å². The topological polar surface area (TPSA) is 57.7 Å². The van der Waals surface area contributed by atoms with Crippen LogP contribution in [0.5, 0.6) is 0 Å². The Morgan fingerprint density at radius 2 is 1.38 bits per heavy atom. The van der Waals surface area contributed by atoms with E-state index in [0.29, 0.717) is 17.8 Å². The van der Waals surface area contributed by atoms with Gasteiger partial charge in [-0.1, -0.05) is 61.5 Å². The summed E-state index contributed by atoms with van der Waals surface area (Å²) >= 11 is 0. The Kier molecular flexibility index (Phi) is 6.34. The molecule has 0 saturated carbocycles. The highest BCUT2D eigenvalue weighted by atomic mass is 32.2. The second-order valence-corrected chi connectivity index (χ2v) is 8.46. The first-order chi connectivity index (χ1) is 13.9. The molecule has 0 atom stereocenters. The lowest BCUT2D eigenvalue weighted by Crippen LogP contribution is -2.42. The number of hydrogen-bond acceptors (Lipinski definition) is 3. The lowest BCUT2D eigenvalue weighted by atomic mass is 10.1. The fourth-order valence-electron chi connectivity index (χ4n) is 3.10. The van der Waals surface area contributed by atoms with Crippen LogP contribution in [0.3, 0.4) is 0 Å². The van der Waals surface area contributed by atoms with Gasteiger partial charge in [0.05, 0.1) is 10.6 Å². The van der Waals surface area contributed by atoms with E-state index in [1.807, 2.05) is 49.4 Å². The Hall–Kier alpha value is -3.12. The summed E-state index contributed by atoms with van der Waals surface area (Å²) in [6.45, 7) is 1.67. The number of para-hydroxylation sites is 2. The number of carbonyl (C=O) groups excluding carboxylic acids is 1. The molecule has 0 N–H and O–H groups in total. The first-order valence-electron chi connectivity index (χ1n) is 9.42. The number of hydrogen-bond donors (Lipinski definition) is 0. The third-order valence-electron chi connectivity index (χ3n) is 4.77. The number of sulfonamides is 1. The van der Waals surface area contributed by atoms with Crippen LogP contribution < -0.4 is 9.21 Å². The van der Waals surface area contributed by atoms with E-state index in [9.17, 15) is 13.2 Å². The van der Waals surface area contributed by atoms with Gasteiger partial charge in [-0.2, -0.15) is 0 Å². The zero-order valence-corrected chi connectivity index (χ0v) is 17.3. The average Bonchev–Trinajstić information content (AvgIpc) is 2.77. The lowest BCUT2D eigenvalue weighted by Gasteiger charge is -2.28. The molecule has 0 unspecified atom stereocenters. The van der Waals surface area contributed by atoms with Crippen molar-refractivity contribution in [3.63, 3.8) is 0 Å². The van der Waals surface area contributed by atoms with Gasteiger partial charge in [-0.3, -0.25) is 9.10 Å². The Morgan fingerprint density at radius 3 is 2.00 bits per heavy atom. The smallest absolute Gasteiger partial charge is 0.264 e. The molecule has 0 aliphatic rings. The van der Waals surface area contributed by atoms with Gasteiger partial charge in [0.1, 0.15) is 6.54 Å². The number of aryl methyl sites for hydroxylation is 1. The molecule has 1 amide bonds. The monoisotopic (exact) mass is 408 g/mol. The van der Waals surface area contributed by atoms with Crippen molar-refractivity contribution in [3.05, 3.63) is 90.5 Å². The Morgan fingerprint density at radius 1 is 0.828 bits per heavy atom. The summed E-state index contributed by atoms with van der Waals surface area (Å²) in [7, 11) is -2.26. The molecule has 0 fully saturated rings. The minimum Gasteiger partial charge on any atom is -0.314 e. The third-order valence-corrected chi connectivity index (χ3v) is 6.54. The highest BCUT2D eigenvalue weighted by Gasteiger charge is 2.29. The first kappa shape index (κ1) is 20.6. The number of carbonyl (C=O) groups is 1. The largest absolute Gasteiger partial charge is 0.314 e. The summed E-state index contributed by atoms with van der Waals surface area (Å²) in [5.74, 6) is -0.318. The third kappa shape index (κ3) is 4.49. The molecule has 150 valence electrons. The minimum absolute atomic E-state index is 0.154. The molecule has 0 aromatic heterocycles. The van der Waals surface area contributed by atoms with E-state index in [1.54, 1.807) is 49.5 Å². The van der Waals surface area contributed by atoms with E-state index in [0.717, 1.165) is 5.56 Å². The van der Waals surface area contributed by atoms with E-state index in [-0.39, 0.29) is 17.3 Å². The molecule has 0 heterocycles. The van der Waals surface area contributed by atoms with Crippen molar-refractivity contribution in [2.75, 3.05) is 22.8 Å². The molecule has 29 heavy (non-hydrogen) atoms. The molecule has 0 bridgehead atoms. The van der Waals surface area contributed by atoms with Crippen LogP contribution in [0, 0.1) is 0 Å². The maximum atomic E-state index is 13.5. The molecular formula is C23H24N2O3S. The number of anilines is 2. The summed E-state index contributed by atoms with van der Waals surface area (Å²) in [6, 6.07) is 24.7. The van der Waals surface area contributed by atoms with Crippen molar-refractivity contribution in [1.29, 1.82) is 0 Å². The van der Waals surface area contributed by atoms with Crippen LogP contribution in [0.1, 0.15) is 12.5 Å². The summed E-state index contributed by atoms with van der Waals surface area (Å²) < 4.78 is 28.1. The van der Waals surface area contributed by atoms with Gasteiger partial charge in [0.15, 0.2) is 0 Å². The second-order valence-electron chi connectivity index (χ2n) is 6.60. The standard InChI is InChI=1S/C23H24N2O3S/c1-3-19-12-10-11-17-22(19)25(29(27,28)21-15-8-5-9-16-21)18-23(26)24(2)20-13-6-4-7-14-20/h4-17H,3,18H2,1-2H3.